The SMILES string of the molecule is Cc1cc(C)c(C)c(S(=O)(=O)N[C@]2(C#N)CCNC2)c1C. The van der Waals surface area contributed by atoms with Crippen LogP contribution in [0.2, 0.25) is 0 Å². The van der Waals surface area contributed by atoms with Crippen molar-refractivity contribution in [1.82, 2.24) is 10.0 Å². The molecule has 2 rings (SSSR count). The molecule has 0 aromatic heterocycles. The maximum atomic E-state index is 12.8. The van der Waals surface area contributed by atoms with Gasteiger partial charge in [0.15, 0.2) is 0 Å². The molecule has 114 valence electrons. The first-order valence-corrected chi connectivity index (χ1v) is 8.44. The molecule has 1 aromatic carbocycles. The minimum absolute atomic E-state index is 0.307. The lowest BCUT2D eigenvalue weighted by Crippen LogP contribution is -2.49. The van der Waals surface area contributed by atoms with E-state index in [1.54, 1.807) is 0 Å². The minimum Gasteiger partial charge on any atom is -0.314 e. The summed E-state index contributed by atoms with van der Waals surface area (Å²) in [5, 5.41) is 12.4. The standard InChI is InChI=1S/C15H21N3O2S/c1-10-7-11(2)13(4)14(12(10)3)21(19,20)18-15(8-16)5-6-17-9-15/h7,17-18H,5-6,9H2,1-4H3/t15-/m0/s1. The zero-order valence-corrected chi connectivity index (χ0v) is 13.7. The highest BCUT2D eigenvalue weighted by Crippen LogP contribution is 2.28. The van der Waals surface area contributed by atoms with E-state index in [1.807, 2.05) is 33.8 Å². The molecule has 5 nitrogen and oxygen atoms in total. The third-order valence-electron chi connectivity index (χ3n) is 4.27. The zero-order valence-electron chi connectivity index (χ0n) is 12.9. The van der Waals surface area contributed by atoms with Gasteiger partial charge in [-0.2, -0.15) is 9.98 Å². The molecule has 0 aliphatic carbocycles. The Morgan fingerprint density at radius 1 is 1.24 bits per heavy atom. The predicted molar refractivity (Wildman–Crippen MR) is 81.5 cm³/mol. The fourth-order valence-corrected chi connectivity index (χ4v) is 4.75. The summed E-state index contributed by atoms with van der Waals surface area (Å²) in [7, 11) is -3.73. The summed E-state index contributed by atoms with van der Waals surface area (Å²) in [4.78, 5) is 0.307. The predicted octanol–water partition coefficient (Wildman–Crippen LogP) is 1.45. The first kappa shape index (κ1) is 16.0. The van der Waals surface area contributed by atoms with Gasteiger partial charge in [-0.15, -0.1) is 0 Å². The Hall–Kier alpha value is -1.42. The summed E-state index contributed by atoms with van der Waals surface area (Å²) in [6.45, 7) is 8.40. The number of nitrogens with zero attached hydrogens (tertiary/aromatic N) is 1. The molecule has 1 aliphatic heterocycles. The van der Waals surface area contributed by atoms with Gasteiger partial charge in [0, 0.05) is 6.54 Å². The lowest BCUT2D eigenvalue weighted by Gasteiger charge is -2.23. The molecule has 1 heterocycles. The van der Waals surface area contributed by atoms with Gasteiger partial charge in [0.25, 0.3) is 0 Å². The van der Waals surface area contributed by atoms with E-state index in [9.17, 15) is 13.7 Å². The summed E-state index contributed by atoms with van der Waals surface area (Å²) in [6, 6.07) is 4.11. The number of hydrogen-bond donors (Lipinski definition) is 2. The molecule has 1 aliphatic rings. The maximum Gasteiger partial charge on any atom is 0.242 e. The van der Waals surface area contributed by atoms with E-state index in [4.69, 9.17) is 0 Å². The maximum absolute atomic E-state index is 12.8. The Balaban J connectivity index is 2.53. The second-order valence-electron chi connectivity index (χ2n) is 5.82. The number of hydrogen-bond acceptors (Lipinski definition) is 4. The van der Waals surface area contributed by atoms with Crippen LogP contribution in [0.3, 0.4) is 0 Å². The fourth-order valence-electron chi connectivity index (χ4n) is 2.79. The van der Waals surface area contributed by atoms with Crippen LogP contribution < -0.4 is 10.0 Å². The van der Waals surface area contributed by atoms with Gasteiger partial charge in [-0.25, -0.2) is 8.42 Å². The fraction of sp³-hybridized carbons (Fsp3) is 0.533. The van der Waals surface area contributed by atoms with Gasteiger partial charge < -0.3 is 5.32 Å². The minimum atomic E-state index is -3.73. The van der Waals surface area contributed by atoms with Crippen LogP contribution >= 0.6 is 0 Å². The van der Waals surface area contributed by atoms with Gasteiger partial charge in [-0.3, -0.25) is 0 Å². The Morgan fingerprint density at radius 2 is 1.81 bits per heavy atom. The Kier molecular flexibility index (Phi) is 4.11. The number of sulfonamides is 1. The van der Waals surface area contributed by atoms with Crippen molar-refractivity contribution in [2.24, 2.45) is 0 Å². The van der Waals surface area contributed by atoms with Crippen molar-refractivity contribution in [3.05, 3.63) is 28.3 Å². The topological polar surface area (TPSA) is 82.0 Å². The highest BCUT2D eigenvalue weighted by molar-refractivity contribution is 7.89. The summed E-state index contributed by atoms with van der Waals surface area (Å²) >= 11 is 0. The molecular weight excluding hydrogens is 286 g/mol. The highest BCUT2D eigenvalue weighted by Gasteiger charge is 2.39. The lowest BCUT2D eigenvalue weighted by atomic mass is 10.0. The average Bonchev–Trinajstić information content (AvgIpc) is 2.85. The summed E-state index contributed by atoms with van der Waals surface area (Å²) in [5.41, 5.74) is 2.31. The average molecular weight is 307 g/mol. The van der Waals surface area contributed by atoms with Gasteiger partial charge >= 0.3 is 0 Å². The van der Waals surface area contributed by atoms with Crippen LogP contribution in [0, 0.1) is 39.0 Å². The van der Waals surface area contributed by atoms with Crippen molar-refractivity contribution in [3.63, 3.8) is 0 Å². The third-order valence-corrected chi connectivity index (χ3v) is 6.07. The molecule has 1 fully saturated rings. The molecule has 0 spiro atoms. The van der Waals surface area contributed by atoms with Crippen LogP contribution in [0.5, 0.6) is 0 Å². The molecule has 0 saturated carbocycles. The third kappa shape index (κ3) is 2.82. The van der Waals surface area contributed by atoms with Crippen molar-refractivity contribution >= 4 is 10.0 Å². The molecule has 1 aromatic rings. The largest absolute Gasteiger partial charge is 0.314 e. The van der Waals surface area contributed by atoms with E-state index in [2.05, 4.69) is 16.1 Å². The smallest absolute Gasteiger partial charge is 0.242 e. The van der Waals surface area contributed by atoms with E-state index >= 15 is 0 Å². The molecule has 6 heteroatoms. The normalized spacial score (nSPS) is 22.2. The van der Waals surface area contributed by atoms with Gasteiger partial charge in [-0.1, -0.05) is 6.07 Å². The zero-order chi connectivity index (χ0) is 15.8. The monoisotopic (exact) mass is 307 g/mol. The lowest BCUT2D eigenvalue weighted by molar-refractivity contribution is 0.505. The van der Waals surface area contributed by atoms with Crippen LogP contribution in [-0.4, -0.2) is 27.0 Å². The van der Waals surface area contributed by atoms with Crippen LogP contribution in [0.25, 0.3) is 0 Å². The summed E-state index contributed by atoms with van der Waals surface area (Å²) in [6.07, 6.45) is 0.478. The van der Waals surface area contributed by atoms with Gasteiger partial charge in [0.2, 0.25) is 10.0 Å². The molecule has 0 radical (unpaired) electrons. The van der Waals surface area contributed by atoms with Crippen LogP contribution in [-0.2, 0) is 10.0 Å². The molecule has 0 bridgehead atoms. The van der Waals surface area contributed by atoms with Crippen LogP contribution in [0.15, 0.2) is 11.0 Å². The molecule has 21 heavy (non-hydrogen) atoms. The van der Waals surface area contributed by atoms with Crippen molar-refractivity contribution in [2.45, 2.75) is 44.6 Å². The number of nitrogens with one attached hydrogen (secondary N) is 2. The van der Waals surface area contributed by atoms with Crippen molar-refractivity contribution in [2.75, 3.05) is 13.1 Å². The molecule has 1 saturated heterocycles. The number of nitriles is 1. The molecule has 1 atom stereocenters. The molecule has 0 unspecified atom stereocenters. The van der Waals surface area contributed by atoms with Gasteiger partial charge in [0.1, 0.15) is 5.54 Å². The first-order valence-electron chi connectivity index (χ1n) is 6.96. The van der Waals surface area contributed by atoms with Crippen molar-refractivity contribution in [1.29, 1.82) is 5.26 Å². The molecule has 0 amide bonds. The van der Waals surface area contributed by atoms with E-state index in [-0.39, 0.29) is 0 Å². The second-order valence-corrected chi connectivity index (χ2v) is 7.43. The van der Waals surface area contributed by atoms with Gasteiger partial charge in [0.05, 0.1) is 11.0 Å². The second kappa shape index (κ2) is 5.41. The van der Waals surface area contributed by atoms with E-state index in [1.165, 1.54) is 0 Å². The number of rotatable bonds is 3. The Morgan fingerprint density at radius 3 is 2.24 bits per heavy atom. The van der Waals surface area contributed by atoms with E-state index in [0.29, 0.717) is 24.4 Å². The number of benzene rings is 1. The Labute approximate surface area is 126 Å². The van der Waals surface area contributed by atoms with E-state index in [0.717, 1.165) is 22.3 Å². The van der Waals surface area contributed by atoms with Crippen LogP contribution in [0.1, 0.15) is 28.7 Å². The molecule has 2 N–H and O–H groups in total. The summed E-state index contributed by atoms with van der Waals surface area (Å²) < 4.78 is 28.2. The Bertz CT molecular complexity index is 685. The van der Waals surface area contributed by atoms with Crippen LogP contribution in [0.4, 0.5) is 0 Å². The quantitative estimate of drug-likeness (QED) is 0.885. The number of aryl methyl sites for hydroxylation is 2. The highest BCUT2D eigenvalue weighted by atomic mass is 32.2. The summed E-state index contributed by atoms with van der Waals surface area (Å²) in [5.74, 6) is 0. The van der Waals surface area contributed by atoms with Crippen molar-refractivity contribution < 1.29 is 8.42 Å². The van der Waals surface area contributed by atoms with Gasteiger partial charge in [-0.05, 0) is 62.9 Å². The first-order chi connectivity index (χ1) is 9.72. The van der Waals surface area contributed by atoms with Crippen molar-refractivity contribution in [3.8, 4) is 6.07 Å². The van der Waals surface area contributed by atoms with E-state index < -0.39 is 15.6 Å². The molecular formula is C15H21N3O2S.